The molecule has 0 saturated carbocycles. The van der Waals surface area contributed by atoms with Crippen LogP contribution in [-0.2, 0) is 6.54 Å². The fourth-order valence-corrected chi connectivity index (χ4v) is 3.05. The van der Waals surface area contributed by atoms with Gasteiger partial charge in [0, 0.05) is 37.1 Å². The van der Waals surface area contributed by atoms with E-state index in [4.69, 9.17) is 0 Å². The van der Waals surface area contributed by atoms with Crippen LogP contribution in [0.1, 0.15) is 46.0 Å². The standard InChI is InChI=1S/C15H28N4/c1-13(10-15-6-4-3-5-7-17-15)18-14(2)11-19-9-8-16-12-19/h8-9,12-15,17-18H,3-7,10-11H2,1-2H3. The van der Waals surface area contributed by atoms with Crippen LogP contribution in [0.4, 0.5) is 0 Å². The number of nitrogens with zero attached hydrogens (tertiary/aromatic N) is 2. The van der Waals surface area contributed by atoms with Crippen LogP contribution < -0.4 is 10.6 Å². The van der Waals surface area contributed by atoms with E-state index in [1.807, 2.05) is 18.7 Å². The van der Waals surface area contributed by atoms with Crippen LogP contribution in [0.5, 0.6) is 0 Å². The Morgan fingerprint density at radius 1 is 1.32 bits per heavy atom. The summed E-state index contributed by atoms with van der Waals surface area (Å²) in [7, 11) is 0. The third kappa shape index (κ3) is 5.33. The van der Waals surface area contributed by atoms with Crippen molar-refractivity contribution in [3.05, 3.63) is 18.7 Å². The maximum Gasteiger partial charge on any atom is 0.0946 e. The van der Waals surface area contributed by atoms with E-state index < -0.39 is 0 Å². The van der Waals surface area contributed by atoms with Gasteiger partial charge in [-0.3, -0.25) is 0 Å². The van der Waals surface area contributed by atoms with E-state index in [1.54, 1.807) is 0 Å². The molecule has 0 aromatic carbocycles. The second kappa shape index (κ2) is 7.65. The van der Waals surface area contributed by atoms with Crippen LogP contribution in [-0.4, -0.2) is 34.2 Å². The summed E-state index contributed by atoms with van der Waals surface area (Å²) in [4.78, 5) is 4.08. The fourth-order valence-electron chi connectivity index (χ4n) is 3.05. The zero-order valence-electron chi connectivity index (χ0n) is 12.3. The normalized spacial score (nSPS) is 23.8. The number of rotatable bonds is 6. The first-order chi connectivity index (χ1) is 9.24. The smallest absolute Gasteiger partial charge is 0.0946 e. The van der Waals surface area contributed by atoms with E-state index in [1.165, 1.54) is 38.6 Å². The van der Waals surface area contributed by atoms with E-state index in [2.05, 4.69) is 34.0 Å². The van der Waals surface area contributed by atoms with Crippen molar-refractivity contribution < 1.29 is 0 Å². The van der Waals surface area contributed by atoms with Gasteiger partial charge in [0.05, 0.1) is 6.33 Å². The average molecular weight is 264 g/mol. The molecule has 1 aromatic rings. The first kappa shape index (κ1) is 14.5. The lowest BCUT2D eigenvalue weighted by Crippen LogP contribution is -2.41. The first-order valence-electron chi connectivity index (χ1n) is 7.69. The zero-order valence-corrected chi connectivity index (χ0v) is 12.3. The Balaban J connectivity index is 1.69. The van der Waals surface area contributed by atoms with E-state index in [0.29, 0.717) is 18.1 Å². The molecule has 4 nitrogen and oxygen atoms in total. The Labute approximate surface area is 117 Å². The van der Waals surface area contributed by atoms with Gasteiger partial charge in [0.25, 0.3) is 0 Å². The number of hydrogen-bond acceptors (Lipinski definition) is 3. The second-order valence-electron chi connectivity index (χ2n) is 5.96. The molecule has 1 aromatic heterocycles. The summed E-state index contributed by atoms with van der Waals surface area (Å²) in [5.41, 5.74) is 0. The third-order valence-electron chi connectivity index (χ3n) is 3.91. The highest BCUT2D eigenvalue weighted by atomic mass is 15.1. The lowest BCUT2D eigenvalue weighted by Gasteiger charge is -2.24. The zero-order chi connectivity index (χ0) is 13.5. The predicted molar refractivity (Wildman–Crippen MR) is 79.2 cm³/mol. The molecule has 19 heavy (non-hydrogen) atoms. The maximum atomic E-state index is 4.08. The van der Waals surface area contributed by atoms with Gasteiger partial charge < -0.3 is 15.2 Å². The molecular weight excluding hydrogens is 236 g/mol. The molecule has 2 N–H and O–H groups in total. The molecule has 0 amide bonds. The molecule has 0 aliphatic carbocycles. The van der Waals surface area contributed by atoms with Gasteiger partial charge in [-0.15, -0.1) is 0 Å². The van der Waals surface area contributed by atoms with Crippen LogP contribution >= 0.6 is 0 Å². The summed E-state index contributed by atoms with van der Waals surface area (Å²) in [6.45, 7) is 6.73. The summed E-state index contributed by atoms with van der Waals surface area (Å²) < 4.78 is 2.13. The highest BCUT2D eigenvalue weighted by molar-refractivity contribution is 4.80. The molecule has 2 rings (SSSR count). The highest BCUT2D eigenvalue weighted by Crippen LogP contribution is 2.12. The summed E-state index contributed by atoms with van der Waals surface area (Å²) in [5, 5.41) is 7.37. The van der Waals surface area contributed by atoms with Crippen molar-refractivity contribution in [1.82, 2.24) is 20.2 Å². The van der Waals surface area contributed by atoms with Gasteiger partial charge in [0.1, 0.15) is 0 Å². The van der Waals surface area contributed by atoms with Gasteiger partial charge in [-0.05, 0) is 39.7 Å². The summed E-state index contributed by atoms with van der Waals surface area (Å²) >= 11 is 0. The molecule has 1 aliphatic heterocycles. The van der Waals surface area contributed by atoms with Crippen LogP contribution in [0.25, 0.3) is 0 Å². The van der Waals surface area contributed by atoms with Gasteiger partial charge in [0.15, 0.2) is 0 Å². The Morgan fingerprint density at radius 2 is 2.21 bits per heavy atom. The van der Waals surface area contributed by atoms with Crippen molar-refractivity contribution in [2.75, 3.05) is 6.54 Å². The molecular formula is C15H28N4. The van der Waals surface area contributed by atoms with Crippen molar-refractivity contribution >= 4 is 0 Å². The minimum absolute atomic E-state index is 0.481. The fraction of sp³-hybridized carbons (Fsp3) is 0.800. The number of aromatic nitrogens is 2. The minimum Gasteiger partial charge on any atom is -0.336 e. The van der Waals surface area contributed by atoms with Crippen LogP contribution in [0, 0.1) is 0 Å². The van der Waals surface area contributed by atoms with Crippen molar-refractivity contribution in [2.24, 2.45) is 0 Å². The van der Waals surface area contributed by atoms with Crippen LogP contribution in [0.2, 0.25) is 0 Å². The number of hydrogen-bond donors (Lipinski definition) is 2. The molecule has 0 radical (unpaired) electrons. The predicted octanol–water partition coefficient (Wildman–Crippen LogP) is 2.17. The SMILES string of the molecule is CC(CC1CCCCCN1)NC(C)Cn1ccnc1. The van der Waals surface area contributed by atoms with E-state index in [9.17, 15) is 0 Å². The highest BCUT2D eigenvalue weighted by Gasteiger charge is 2.16. The minimum atomic E-state index is 0.481. The topological polar surface area (TPSA) is 41.9 Å². The molecule has 1 fully saturated rings. The largest absolute Gasteiger partial charge is 0.336 e. The Bertz CT molecular complexity index is 328. The van der Waals surface area contributed by atoms with Crippen molar-refractivity contribution in [3.63, 3.8) is 0 Å². The molecule has 0 spiro atoms. The lowest BCUT2D eigenvalue weighted by atomic mass is 10.0. The molecule has 4 heteroatoms. The van der Waals surface area contributed by atoms with Gasteiger partial charge in [0.2, 0.25) is 0 Å². The quantitative estimate of drug-likeness (QED) is 0.827. The Kier molecular flexibility index (Phi) is 5.86. The third-order valence-corrected chi connectivity index (χ3v) is 3.91. The number of imidazole rings is 1. The lowest BCUT2D eigenvalue weighted by molar-refractivity contribution is 0.360. The molecule has 3 unspecified atom stereocenters. The van der Waals surface area contributed by atoms with Gasteiger partial charge >= 0.3 is 0 Å². The van der Waals surface area contributed by atoms with Crippen molar-refractivity contribution in [1.29, 1.82) is 0 Å². The average Bonchev–Trinajstić information content (AvgIpc) is 2.72. The summed E-state index contributed by atoms with van der Waals surface area (Å²) in [5.74, 6) is 0. The van der Waals surface area contributed by atoms with Crippen LogP contribution in [0.3, 0.4) is 0 Å². The maximum absolute atomic E-state index is 4.08. The van der Waals surface area contributed by atoms with E-state index in [0.717, 1.165) is 6.54 Å². The molecule has 1 aliphatic rings. The van der Waals surface area contributed by atoms with E-state index >= 15 is 0 Å². The number of nitrogens with one attached hydrogen (secondary N) is 2. The molecule has 0 bridgehead atoms. The first-order valence-corrected chi connectivity index (χ1v) is 7.69. The van der Waals surface area contributed by atoms with Gasteiger partial charge in [-0.25, -0.2) is 4.98 Å². The van der Waals surface area contributed by atoms with Gasteiger partial charge in [-0.1, -0.05) is 12.8 Å². The van der Waals surface area contributed by atoms with Crippen molar-refractivity contribution in [3.8, 4) is 0 Å². The van der Waals surface area contributed by atoms with Crippen LogP contribution in [0.15, 0.2) is 18.7 Å². The monoisotopic (exact) mass is 264 g/mol. The summed E-state index contributed by atoms with van der Waals surface area (Å²) in [6.07, 6.45) is 12.4. The van der Waals surface area contributed by atoms with Gasteiger partial charge in [-0.2, -0.15) is 0 Å². The summed E-state index contributed by atoms with van der Waals surface area (Å²) in [6, 6.07) is 1.74. The molecule has 3 atom stereocenters. The molecule has 1 saturated heterocycles. The van der Waals surface area contributed by atoms with Crippen molar-refractivity contribution in [2.45, 2.75) is 70.6 Å². The molecule has 2 heterocycles. The second-order valence-corrected chi connectivity index (χ2v) is 5.96. The Morgan fingerprint density at radius 3 is 3.00 bits per heavy atom. The molecule has 108 valence electrons. The van der Waals surface area contributed by atoms with E-state index in [-0.39, 0.29) is 0 Å². The Hall–Kier alpha value is -0.870.